The van der Waals surface area contributed by atoms with Crippen molar-refractivity contribution in [3.63, 3.8) is 0 Å². The standard InChI is InChI=1S/C9H11IS/c1-2-6-11-9-5-3-4-8(10)7-9/h3-5,7H,2,6H2,1H3. The summed E-state index contributed by atoms with van der Waals surface area (Å²) >= 11 is 4.27. The van der Waals surface area contributed by atoms with Crippen LogP contribution in [0.1, 0.15) is 13.3 Å². The highest BCUT2D eigenvalue weighted by Crippen LogP contribution is 2.20. The molecule has 1 aromatic rings. The number of benzene rings is 1. The van der Waals surface area contributed by atoms with Crippen LogP contribution in [0.3, 0.4) is 0 Å². The van der Waals surface area contributed by atoms with Crippen molar-refractivity contribution in [3.8, 4) is 0 Å². The molecular formula is C9H11IS. The third-order valence-corrected chi connectivity index (χ3v) is 3.14. The van der Waals surface area contributed by atoms with E-state index in [1.54, 1.807) is 0 Å². The Hall–Kier alpha value is 0.300. The first kappa shape index (κ1) is 9.39. The van der Waals surface area contributed by atoms with E-state index in [2.05, 4.69) is 53.8 Å². The molecule has 0 aliphatic carbocycles. The number of halogens is 1. The molecule has 0 aliphatic heterocycles. The molecule has 0 spiro atoms. The number of thioether (sulfide) groups is 1. The fourth-order valence-corrected chi connectivity index (χ4v) is 2.36. The second-order valence-electron chi connectivity index (χ2n) is 2.31. The first-order valence-electron chi connectivity index (χ1n) is 3.71. The highest BCUT2D eigenvalue weighted by molar-refractivity contribution is 14.1. The van der Waals surface area contributed by atoms with Gasteiger partial charge in [-0.2, -0.15) is 0 Å². The number of rotatable bonds is 3. The molecule has 0 heterocycles. The van der Waals surface area contributed by atoms with E-state index in [1.165, 1.54) is 20.6 Å². The number of hydrogen-bond acceptors (Lipinski definition) is 1. The third-order valence-electron chi connectivity index (χ3n) is 1.27. The molecule has 0 radical (unpaired) electrons. The summed E-state index contributed by atoms with van der Waals surface area (Å²) in [5, 5.41) is 0. The molecule has 0 unspecified atom stereocenters. The number of hydrogen-bond donors (Lipinski definition) is 0. The summed E-state index contributed by atoms with van der Waals surface area (Å²) in [6.07, 6.45) is 1.25. The summed E-state index contributed by atoms with van der Waals surface area (Å²) in [6, 6.07) is 8.62. The first-order chi connectivity index (χ1) is 5.33. The molecule has 1 rings (SSSR count). The molecule has 0 nitrogen and oxygen atoms in total. The van der Waals surface area contributed by atoms with E-state index in [1.807, 2.05) is 11.8 Å². The van der Waals surface area contributed by atoms with Crippen LogP contribution < -0.4 is 0 Å². The van der Waals surface area contributed by atoms with Crippen LogP contribution in [-0.4, -0.2) is 5.75 Å². The zero-order valence-corrected chi connectivity index (χ0v) is 9.48. The SMILES string of the molecule is CCCSc1cccc(I)c1. The van der Waals surface area contributed by atoms with Gasteiger partial charge in [0.1, 0.15) is 0 Å². The summed E-state index contributed by atoms with van der Waals surface area (Å²) in [6.45, 7) is 2.21. The lowest BCUT2D eigenvalue weighted by atomic mass is 10.4. The molecule has 0 aromatic heterocycles. The van der Waals surface area contributed by atoms with Gasteiger partial charge in [-0.25, -0.2) is 0 Å². The smallest absolute Gasteiger partial charge is 0.0141 e. The van der Waals surface area contributed by atoms with Crippen molar-refractivity contribution in [3.05, 3.63) is 27.8 Å². The molecule has 11 heavy (non-hydrogen) atoms. The van der Waals surface area contributed by atoms with Gasteiger partial charge in [-0.05, 0) is 53.0 Å². The van der Waals surface area contributed by atoms with Crippen LogP contribution in [0.2, 0.25) is 0 Å². The van der Waals surface area contributed by atoms with Gasteiger partial charge in [0.05, 0.1) is 0 Å². The Balaban J connectivity index is 2.56. The Morgan fingerprint density at radius 3 is 2.91 bits per heavy atom. The first-order valence-corrected chi connectivity index (χ1v) is 5.77. The summed E-state index contributed by atoms with van der Waals surface area (Å²) in [5.41, 5.74) is 0. The average Bonchev–Trinajstić information content (AvgIpc) is 2.01. The van der Waals surface area contributed by atoms with Gasteiger partial charge in [0.15, 0.2) is 0 Å². The van der Waals surface area contributed by atoms with Crippen molar-refractivity contribution in [1.82, 2.24) is 0 Å². The summed E-state index contributed by atoms with van der Waals surface area (Å²) in [4.78, 5) is 1.39. The van der Waals surface area contributed by atoms with Gasteiger partial charge in [-0.15, -0.1) is 11.8 Å². The van der Waals surface area contributed by atoms with E-state index in [0.29, 0.717) is 0 Å². The van der Waals surface area contributed by atoms with Crippen molar-refractivity contribution in [1.29, 1.82) is 0 Å². The van der Waals surface area contributed by atoms with Gasteiger partial charge >= 0.3 is 0 Å². The normalized spacial score (nSPS) is 10.0. The monoisotopic (exact) mass is 278 g/mol. The summed E-state index contributed by atoms with van der Waals surface area (Å²) in [7, 11) is 0. The molecule has 2 heteroatoms. The Kier molecular flexibility index (Phi) is 4.30. The maximum absolute atomic E-state index is 2.34. The highest BCUT2D eigenvalue weighted by atomic mass is 127. The van der Waals surface area contributed by atoms with E-state index < -0.39 is 0 Å². The minimum Gasteiger partial charge on any atom is -0.126 e. The Labute approximate surface area is 85.9 Å². The van der Waals surface area contributed by atoms with Crippen LogP contribution >= 0.6 is 34.4 Å². The van der Waals surface area contributed by atoms with E-state index in [4.69, 9.17) is 0 Å². The van der Waals surface area contributed by atoms with Crippen LogP contribution in [-0.2, 0) is 0 Å². The molecule has 0 bridgehead atoms. The van der Waals surface area contributed by atoms with Gasteiger partial charge in [-0.1, -0.05) is 13.0 Å². The lowest BCUT2D eigenvalue weighted by molar-refractivity contribution is 1.10. The zero-order valence-electron chi connectivity index (χ0n) is 6.51. The van der Waals surface area contributed by atoms with Crippen molar-refractivity contribution in [2.24, 2.45) is 0 Å². The van der Waals surface area contributed by atoms with E-state index in [-0.39, 0.29) is 0 Å². The maximum atomic E-state index is 2.34. The highest BCUT2D eigenvalue weighted by Gasteiger charge is 1.92. The molecule has 1 aromatic carbocycles. The second kappa shape index (κ2) is 5.04. The minimum absolute atomic E-state index is 1.22. The molecule has 0 N–H and O–H groups in total. The largest absolute Gasteiger partial charge is 0.126 e. The predicted molar refractivity (Wildman–Crippen MR) is 60.2 cm³/mol. The van der Waals surface area contributed by atoms with Gasteiger partial charge in [-0.3, -0.25) is 0 Å². The minimum atomic E-state index is 1.22. The van der Waals surface area contributed by atoms with Crippen LogP contribution in [0, 0.1) is 3.57 Å². The van der Waals surface area contributed by atoms with Gasteiger partial charge in [0, 0.05) is 8.47 Å². The molecule has 0 fully saturated rings. The van der Waals surface area contributed by atoms with Crippen molar-refractivity contribution < 1.29 is 0 Å². The summed E-state index contributed by atoms with van der Waals surface area (Å²) in [5.74, 6) is 1.22. The van der Waals surface area contributed by atoms with Gasteiger partial charge in [0.2, 0.25) is 0 Å². The van der Waals surface area contributed by atoms with Crippen molar-refractivity contribution >= 4 is 34.4 Å². The molecule has 0 aliphatic rings. The van der Waals surface area contributed by atoms with Crippen molar-refractivity contribution in [2.45, 2.75) is 18.2 Å². The summed E-state index contributed by atoms with van der Waals surface area (Å²) < 4.78 is 1.32. The lowest BCUT2D eigenvalue weighted by Crippen LogP contribution is -1.76. The topological polar surface area (TPSA) is 0 Å². The third kappa shape index (κ3) is 3.47. The fourth-order valence-electron chi connectivity index (χ4n) is 0.777. The molecular weight excluding hydrogens is 267 g/mol. The van der Waals surface area contributed by atoms with Crippen LogP contribution in [0.4, 0.5) is 0 Å². The molecule has 0 atom stereocenters. The molecule has 0 saturated carbocycles. The Bertz CT molecular complexity index is 223. The van der Waals surface area contributed by atoms with Crippen molar-refractivity contribution in [2.75, 3.05) is 5.75 Å². The quantitative estimate of drug-likeness (QED) is 0.598. The van der Waals surface area contributed by atoms with Gasteiger partial charge < -0.3 is 0 Å². The van der Waals surface area contributed by atoms with Crippen LogP contribution in [0.15, 0.2) is 29.2 Å². The molecule has 0 saturated heterocycles. The van der Waals surface area contributed by atoms with Crippen LogP contribution in [0.5, 0.6) is 0 Å². The second-order valence-corrected chi connectivity index (χ2v) is 4.72. The van der Waals surface area contributed by atoms with Crippen LogP contribution in [0.25, 0.3) is 0 Å². The molecule has 0 amide bonds. The predicted octanol–water partition coefficient (Wildman–Crippen LogP) is 3.79. The Morgan fingerprint density at radius 2 is 2.27 bits per heavy atom. The van der Waals surface area contributed by atoms with E-state index in [9.17, 15) is 0 Å². The fraction of sp³-hybridized carbons (Fsp3) is 0.333. The van der Waals surface area contributed by atoms with E-state index in [0.717, 1.165) is 0 Å². The molecule has 60 valence electrons. The lowest BCUT2D eigenvalue weighted by Gasteiger charge is -1.98. The zero-order chi connectivity index (χ0) is 8.10. The average molecular weight is 278 g/mol. The van der Waals surface area contributed by atoms with Gasteiger partial charge in [0.25, 0.3) is 0 Å². The van der Waals surface area contributed by atoms with E-state index >= 15 is 0 Å². The maximum Gasteiger partial charge on any atom is 0.0141 e. The Morgan fingerprint density at radius 1 is 1.45 bits per heavy atom.